The standard InChI is InChI=1S/C28H46O10/c1-9-10-19(31)38-27(7)12-11-18(35-15(4)29)26(6,33)13-17-22-21(24(27)37-17)20(14(2)3)23(32)25(28(22,8)34)36-16(5)30/h14,17-18,20-25,32-34H,9-13H2,1-8H3/t17-,18+,20-,21-,22-,23+,24-,25-,26+,27-,28+/m1/s1. The summed E-state index contributed by atoms with van der Waals surface area (Å²) in [5.41, 5.74) is -4.48. The SMILES string of the molecule is CCCC(=O)O[C@]1(C)CC[C@H](OC(C)=O)[C@@](C)(O)C[C@H]2O[C@@H]1[C@@H]1[C@@H](C(C)C)[C@H](O)[C@@H](OC(C)=O)[C@@](C)(O)[C@@H]12. The molecule has 2 saturated heterocycles. The van der Waals surface area contributed by atoms with Crippen molar-refractivity contribution in [2.24, 2.45) is 23.7 Å². The van der Waals surface area contributed by atoms with Gasteiger partial charge in [0.15, 0.2) is 6.10 Å². The number of carbonyl (C=O) groups excluding carboxylic acids is 3. The molecule has 10 heteroatoms. The number of esters is 3. The number of aliphatic hydroxyl groups is 3. The first-order valence-corrected chi connectivity index (χ1v) is 13.8. The van der Waals surface area contributed by atoms with Crippen LogP contribution in [-0.4, -0.2) is 80.6 Å². The molecule has 0 radical (unpaired) electrons. The normalized spacial score (nSPS) is 44.8. The van der Waals surface area contributed by atoms with Gasteiger partial charge in [-0.05, 0) is 51.9 Å². The Morgan fingerprint density at radius 3 is 2.18 bits per heavy atom. The van der Waals surface area contributed by atoms with E-state index in [2.05, 4.69) is 0 Å². The smallest absolute Gasteiger partial charge is 0.306 e. The Morgan fingerprint density at radius 2 is 1.66 bits per heavy atom. The summed E-state index contributed by atoms with van der Waals surface area (Å²) < 4.78 is 23.8. The second-order valence-electron chi connectivity index (χ2n) is 12.5. The quantitative estimate of drug-likeness (QED) is 0.337. The van der Waals surface area contributed by atoms with Crippen LogP contribution in [0.15, 0.2) is 0 Å². The van der Waals surface area contributed by atoms with Crippen molar-refractivity contribution >= 4 is 17.9 Å². The van der Waals surface area contributed by atoms with Crippen LogP contribution in [0.25, 0.3) is 0 Å². The molecule has 0 aromatic rings. The highest BCUT2D eigenvalue weighted by atomic mass is 16.6. The molecule has 3 N–H and O–H groups in total. The van der Waals surface area contributed by atoms with Gasteiger partial charge in [0, 0.05) is 38.5 Å². The number of hydrogen-bond donors (Lipinski definition) is 3. The average Bonchev–Trinajstić information content (AvgIpc) is 3.13. The first-order chi connectivity index (χ1) is 17.5. The highest BCUT2D eigenvalue weighted by molar-refractivity contribution is 5.70. The Balaban J connectivity index is 2.20. The van der Waals surface area contributed by atoms with E-state index < -0.39 is 83.0 Å². The van der Waals surface area contributed by atoms with Gasteiger partial charge in [-0.15, -0.1) is 0 Å². The molecule has 3 fully saturated rings. The third-order valence-electron chi connectivity index (χ3n) is 8.87. The molecule has 2 aliphatic heterocycles. The third kappa shape index (κ3) is 5.74. The van der Waals surface area contributed by atoms with Gasteiger partial charge in [-0.3, -0.25) is 14.4 Å². The zero-order chi connectivity index (χ0) is 28.8. The molecule has 11 atom stereocenters. The summed E-state index contributed by atoms with van der Waals surface area (Å²) in [6.45, 7) is 13.1. The van der Waals surface area contributed by atoms with E-state index in [1.807, 2.05) is 20.8 Å². The largest absolute Gasteiger partial charge is 0.460 e. The van der Waals surface area contributed by atoms with Crippen LogP contribution in [0.5, 0.6) is 0 Å². The Kier molecular flexibility index (Phi) is 8.93. The molecule has 38 heavy (non-hydrogen) atoms. The minimum atomic E-state index is -1.74. The van der Waals surface area contributed by atoms with Gasteiger partial charge in [-0.2, -0.15) is 0 Å². The molecule has 10 nitrogen and oxygen atoms in total. The lowest BCUT2D eigenvalue weighted by Gasteiger charge is -2.54. The van der Waals surface area contributed by atoms with Crippen LogP contribution in [0.4, 0.5) is 0 Å². The van der Waals surface area contributed by atoms with Gasteiger partial charge in [0.25, 0.3) is 0 Å². The van der Waals surface area contributed by atoms with E-state index in [4.69, 9.17) is 18.9 Å². The molecular formula is C28H46O10. The first kappa shape index (κ1) is 30.8. The summed E-state index contributed by atoms with van der Waals surface area (Å²) in [5, 5.41) is 35.1. The van der Waals surface area contributed by atoms with E-state index in [0.717, 1.165) is 0 Å². The zero-order valence-corrected chi connectivity index (χ0v) is 23.9. The van der Waals surface area contributed by atoms with E-state index in [-0.39, 0.29) is 31.6 Å². The van der Waals surface area contributed by atoms with Crippen molar-refractivity contribution in [3.05, 3.63) is 0 Å². The minimum Gasteiger partial charge on any atom is -0.460 e. The predicted octanol–water partition coefficient (Wildman–Crippen LogP) is 2.28. The fourth-order valence-corrected chi connectivity index (χ4v) is 7.32. The van der Waals surface area contributed by atoms with Crippen molar-refractivity contribution in [3.8, 4) is 0 Å². The maximum atomic E-state index is 12.8. The lowest BCUT2D eigenvalue weighted by molar-refractivity contribution is -0.236. The molecule has 0 aromatic carbocycles. The van der Waals surface area contributed by atoms with Gasteiger partial charge >= 0.3 is 17.9 Å². The summed E-state index contributed by atoms with van der Waals surface area (Å²) in [4.78, 5) is 36.8. The molecule has 0 unspecified atom stereocenters. The summed E-state index contributed by atoms with van der Waals surface area (Å²) in [6.07, 6.45) is -3.63. The number of carbonyl (C=O) groups is 3. The van der Waals surface area contributed by atoms with Crippen LogP contribution in [0.2, 0.25) is 0 Å². The maximum absolute atomic E-state index is 12.8. The Labute approximate surface area is 225 Å². The van der Waals surface area contributed by atoms with Crippen molar-refractivity contribution in [3.63, 3.8) is 0 Å². The third-order valence-corrected chi connectivity index (χ3v) is 8.87. The van der Waals surface area contributed by atoms with E-state index in [1.165, 1.54) is 20.8 Å². The fourth-order valence-electron chi connectivity index (χ4n) is 7.32. The van der Waals surface area contributed by atoms with Gasteiger partial charge in [0.2, 0.25) is 0 Å². The van der Waals surface area contributed by atoms with E-state index in [9.17, 15) is 29.7 Å². The minimum absolute atomic E-state index is 0.00541. The fraction of sp³-hybridized carbons (Fsp3) is 0.893. The molecule has 1 aliphatic carbocycles. The summed E-state index contributed by atoms with van der Waals surface area (Å²) >= 11 is 0. The van der Waals surface area contributed by atoms with Crippen molar-refractivity contribution in [1.29, 1.82) is 0 Å². The zero-order valence-electron chi connectivity index (χ0n) is 23.9. The van der Waals surface area contributed by atoms with Crippen molar-refractivity contribution in [2.45, 2.75) is 135 Å². The number of aliphatic hydroxyl groups excluding tert-OH is 1. The average molecular weight is 543 g/mol. The lowest BCUT2D eigenvalue weighted by atomic mass is 9.55. The van der Waals surface area contributed by atoms with Crippen LogP contribution in [-0.2, 0) is 33.3 Å². The molecular weight excluding hydrogens is 496 g/mol. The second kappa shape index (κ2) is 11.0. The van der Waals surface area contributed by atoms with Crippen molar-refractivity contribution in [2.75, 3.05) is 0 Å². The van der Waals surface area contributed by atoms with Gasteiger partial charge in [-0.1, -0.05) is 20.8 Å². The Hall–Kier alpha value is -1.75. The summed E-state index contributed by atoms with van der Waals surface area (Å²) in [5.74, 6) is -3.36. The van der Waals surface area contributed by atoms with Crippen LogP contribution in [0.3, 0.4) is 0 Å². The van der Waals surface area contributed by atoms with E-state index in [0.29, 0.717) is 6.42 Å². The molecule has 2 heterocycles. The van der Waals surface area contributed by atoms with Gasteiger partial charge < -0.3 is 34.3 Å². The number of ether oxygens (including phenoxy) is 4. The molecule has 0 aromatic heterocycles. The second-order valence-corrected chi connectivity index (χ2v) is 12.5. The topological polar surface area (TPSA) is 149 Å². The molecule has 0 spiro atoms. The number of hydrogen-bond acceptors (Lipinski definition) is 10. The Morgan fingerprint density at radius 1 is 1.05 bits per heavy atom. The summed E-state index contributed by atoms with van der Waals surface area (Å²) in [6, 6.07) is 0. The molecule has 1 saturated carbocycles. The number of rotatable bonds is 6. The van der Waals surface area contributed by atoms with Gasteiger partial charge in [0.05, 0.1) is 12.2 Å². The molecule has 3 aliphatic rings. The first-order valence-electron chi connectivity index (χ1n) is 13.8. The predicted molar refractivity (Wildman–Crippen MR) is 136 cm³/mol. The molecule has 2 bridgehead atoms. The molecule has 218 valence electrons. The van der Waals surface area contributed by atoms with E-state index >= 15 is 0 Å². The van der Waals surface area contributed by atoms with E-state index in [1.54, 1.807) is 13.8 Å². The Bertz CT molecular complexity index is 898. The van der Waals surface area contributed by atoms with Gasteiger partial charge in [-0.25, -0.2) is 0 Å². The van der Waals surface area contributed by atoms with Crippen LogP contribution in [0.1, 0.15) is 87.5 Å². The number of fused-ring (bicyclic) bond motifs is 5. The van der Waals surface area contributed by atoms with Crippen molar-refractivity contribution < 1.29 is 48.7 Å². The highest BCUT2D eigenvalue weighted by Crippen LogP contribution is 2.58. The molecule has 0 amide bonds. The molecule has 3 rings (SSSR count). The lowest BCUT2D eigenvalue weighted by Crippen LogP contribution is -2.67. The monoisotopic (exact) mass is 542 g/mol. The van der Waals surface area contributed by atoms with Crippen LogP contribution < -0.4 is 0 Å². The maximum Gasteiger partial charge on any atom is 0.306 e. The van der Waals surface area contributed by atoms with Crippen LogP contribution in [0, 0.1) is 23.7 Å². The van der Waals surface area contributed by atoms with Crippen LogP contribution >= 0.6 is 0 Å². The van der Waals surface area contributed by atoms with Crippen molar-refractivity contribution in [1.82, 2.24) is 0 Å². The summed E-state index contributed by atoms with van der Waals surface area (Å²) in [7, 11) is 0. The highest BCUT2D eigenvalue weighted by Gasteiger charge is 2.69. The van der Waals surface area contributed by atoms with Gasteiger partial charge in [0.1, 0.15) is 29.0 Å².